The van der Waals surface area contributed by atoms with Crippen molar-refractivity contribution in [3.05, 3.63) is 18.2 Å². The van der Waals surface area contributed by atoms with Crippen molar-refractivity contribution in [2.75, 3.05) is 32.6 Å². The monoisotopic (exact) mass is 450 g/mol. The lowest BCUT2D eigenvalue weighted by Gasteiger charge is -2.21. The number of hydrogen-bond donors (Lipinski definition) is 3. The normalized spacial score (nSPS) is 11.3. The molecule has 0 aliphatic rings. The molecular weight excluding hydrogens is 423 g/mol. The number of ether oxygens (including phenoxy) is 2. The highest BCUT2D eigenvalue weighted by Gasteiger charge is 2.26. The molecule has 0 aromatic heterocycles. The van der Waals surface area contributed by atoms with Crippen LogP contribution in [0.4, 0.5) is 5.69 Å². The number of nitrogens with one attached hydrogen (secondary N) is 2. The lowest BCUT2D eigenvalue weighted by molar-refractivity contribution is -0.128. The van der Waals surface area contributed by atoms with E-state index < -0.39 is 5.41 Å². The predicted molar refractivity (Wildman–Crippen MR) is 108 cm³/mol. The van der Waals surface area contributed by atoms with Gasteiger partial charge in [0.1, 0.15) is 0 Å². The van der Waals surface area contributed by atoms with Crippen LogP contribution in [0.15, 0.2) is 23.2 Å². The summed E-state index contributed by atoms with van der Waals surface area (Å²) in [6, 6.07) is 5.34. The van der Waals surface area contributed by atoms with Gasteiger partial charge in [0.15, 0.2) is 17.5 Å². The maximum atomic E-state index is 11.9. The number of rotatable bonds is 7. The molecule has 0 radical (unpaired) electrons. The third-order valence-electron chi connectivity index (χ3n) is 3.25. The summed E-state index contributed by atoms with van der Waals surface area (Å²) < 4.78 is 10.4. The van der Waals surface area contributed by atoms with Gasteiger partial charge in [-0.05, 0) is 32.9 Å². The summed E-state index contributed by atoms with van der Waals surface area (Å²) in [4.78, 5) is 16.2. The van der Waals surface area contributed by atoms with Gasteiger partial charge in [-0.3, -0.25) is 9.79 Å². The second kappa shape index (κ2) is 10.2. The van der Waals surface area contributed by atoms with E-state index in [-0.39, 0.29) is 42.4 Å². The summed E-state index contributed by atoms with van der Waals surface area (Å²) in [5.74, 6) is 1.40. The van der Waals surface area contributed by atoms with E-state index >= 15 is 0 Å². The Bertz CT molecular complexity index is 576. The van der Waals surface area contributed by atoms with Crippen molar-refractivity contribution in [2.45, 2.75) is 20.8 Å². The Morgan fingerprint density at radius 3 is 2.42 bits per heavy atom. The first kappa shape index (κ1) is 22.3. The van der Waals surface area contributed by atoms with Gasteiger partial charge in [0, 0.05) is 18.3 Å². The van der Waals surface area contributed by atoms with Crippen molar-refractivity contribution >= 4 is 41.5 Å². The number of amides is 1. The SMILES string of the molecule is CCNC(=O)C(C)(C)CN=C(N)Nc1ccc(OC)c(OC)c1.I. The van der Waals surface area contributed by atoms with E-state index in [4.69, 9.17) is 15.2 Å². The average Bonchev–Trinajstić information content (AvgIpc) is 2.53. The molecule has 0 heterocycles. The molecule has 0 fully saturated rings. The summed E-state index contributed by atoms with van der Waals surface area (Å²) in [5, 5.41) is 5.76. The van der Waals surface area contributed by atoms with Crippen molar-refractivity contribution in [3.8, 4) is 11.5 Å². The third-order valence-corrected chi connectivity index (χ3v) is 3.25. The second-order valence-corrected chi connectivity index (χ2v) is 5.64. The highest BCUT2D eigenvalue weighted by molar-refractivity contribution is 14.0. The molecule has 0 aliphatic carbocycles. The Morgan fingerprint density at radius 2 is 1.88 bits per heavy atom. The van der Waals surface area contributed by atoms with Crippen molar-refractivity contribution in [2.24, 2.45) is 16.1 Å². The number of nitrogens with zero attached hydrogens (tertiary/aromatic N) is 1. The molecule has 1 amide bonds. The molecule has 0 aliphatic heterocycles. The second-order valence-electron chi connectivity index (χ2n) is 5.64. The first-order chi connectivity index (χ1) is 10.8. The number of guanidine groups is 1. The molecule has 0 atom stereocenters. The van der Waals surface area contributed by atoms with Gasteiger partial charge in [-0.1, -0.05) is 0 Å². The largest absolute Gasteiger partial charge is 0.493 e. The molecule has 8 heteroatoms. The van der Waals surface area contributed by atoms with Crippen molar-refractivity contribution < 1.29 is 14.3 Å². The topological polar surface area (TPSA) is 98.0 Å². The summed E-state index contributed by atoms with van der Waals surface area (Å²) in [6.07, 6.45) is 0. The van der Waals surface area contributed by atoms with Crippen LogP contribution in [0.3, 0.4) is 0 Å². The van der Waals surface area contributed by atoms with Crippen LogP contribution in [-0.2, 0) is 4.79 Å². The number of methoxy groups -OCH3 is 2. The third kappa shape index (κ3) is 6.42. The molecule has 0 bridgehead atoms. The molecule has 0 saturated carbocycles. The van der Waals surface area contributed by atoms with Crippen LogP contribution in [0, 0.1) is 5.41 Å². The number of carbonyl (C=O) groups is 1. The molecule has 1 aromatic carbocycles. The molecule has 0 spiro atoms. The Morgan fingerprint density at radius 1 is 1.25 bits per heavy atom. The minimum absolute atomic E-state index is 0. The number of anilines is 1. The molecule has 0 saturated heterocycles. The number of aliphatic imine (C=N–C) groups is 1. The molecule has 1 aromatic rings. The Balaban J connectivity index is 0.00000529. The number of benzene rings is 1. The molecule has 7 nitrogen and oxygen atoms in total. The van der Waals surface area contributed by atoms with Crippen molar-refractivity contribution in [1.82, 2.24) is 5.32 Å². The Labute approximate surface area is 160 Å². The van der Waals surface area contributed by atoms with Gasteiger partial charge in [0.05, 0.1) is 26.2 Å². The summed E-state index contributed by atoms with van der Waals surface area (Å²) >= 11 is 0. The van der Waals surface area contributed by atoms with Gasteiger partial charge in [-0.15, -0.1) is 24.0 Å². The lowest BCUT2D eigenvalue weighted by Crippen LogP contribution is -2.39. The highest BCUT2D eigenvalue weighted by Crippen LogP contribution is 2.29. The minimum atomic E-state index is -0.625. The molecular formula is C16H27IN4O3. The predicted octanol–water partition coefficient (Wildman–Crippen LogP) is 2.21. The fourth-order valence-corrected chi connectivity index (χ4v) is 1.86. The molecule has 0 unspecified atom stereocenters. The van der Waals surface area contributed by atoms with Gasteiger partial charge in [-0.2, -0.15) is 0 Å². The summed E-state index contributed by atoms with van der Waals surface area (Å²) in [6.45, 7) is 6.40. The van der Waals surface area contributed by atoms with E-state index in [1.807, 2.05) is 20.8 Å². The van der Waals surface area contributed by atoms with Crippen molar-refractivity contribution in [1.29, 1.82) is 0 Å². The van der Waals surface area contributed by atoms with Gasteiger partial charge >= 0.3 is 0 Å². The number of nitrogens with two attached hydrogens (primary N) is 1. The first-order valence-corrected chi connectivity index (χ1v) is 7.41. The summed E-state index contributed by atoms with van der Waals surface area (Å²) in [5.41, 5.74) is 5.98. The Kier molecular flexibility index (Phi) is 9.49. The first-order valence-electron chi connectivity index (χ1n) is 7.41. The highest BCUT2D eigenvalue weighted by atomic mass is 127. The van der Waals surface area contributed by atoms with Gasteiger partial charge < -0.3 is 25.8 Å². The van der Waals surface area contributed by atoms with E-state index in [0.29, 0.717) is 18.0 Å². The van der Waals surface area contributed by atoms with Gasteiger partial charge in [0.25, 0.3) is 0 Å². The van der Waals surface area contributed by atoms with Crippen LogP contribution in [0.5, 0.6) is 11.5 Å². The number of carbonyl (C=O) groups excluding carboxylic acids is 1. The van der Waals surface area contributed by atoms with E-state index in [2.05, 4.69) is 15.6 Å². The van der Waals surface area contributed by atoms with E-state index in [1.54, 1.807) is 32.4 Å². The maximum Gasteiger partial charge on any atom is 0.227 e. The van der Waals surface area contributed by atoms with E-state index in [1.165, 1.54) is 0 Å². The number of halogens is 1. The molecule has 1 rings (SSSR count). The van der Waals surface area contributed by atoms with Crippen molar-refractivity contribution in [3.63, 3.8) is 0 Å². The molecule has 136 valence electrons. The lowest BCUT2D eigenvalue weighted by atomic mass is 9.92. The van der Waals surface area contributed by atoms with Crippen LogP contribution in [0.1, 0.15) is 20.8 Å². The van der Waals surface area contributed by atoms with Crippen LogP contribution in [0.2, 0.25) is 0 Å². The molecule has 4 N–H and O–H groups in total. The van der Waals surface area contributed by atoms with Gasteiger partial charge in [0.2, 0.25) is 5.91 Å². The quantitative estimate of drug-likeness (QED) is 0.336. The smallest absolute Gasteiger partial charge is 0.227 e. The Hall–Kier alpha value is -1.71. The van der Waals surface area contributed by atoms with Crippen LogP contribution >= 0.6 is 24.0 Å². The van der Waals surface area contributed by atoms with Gasteiger partial charge in [-0.25, -0.2) is 0 Å². The zero-order valence-electron chi connectivity index (χ0n) is 14.8. The van der Waals surface area contributed by atoms with Crippen LogP contribution in [0.25, 0.3) is 0 Å². The van der Waals surface area contributed by atoms with Crippen LogP contribution in [-0.4, -0.2) is 39.2 Å². The maximum absolute atomic E-state index is 11.9. The van der Waals surface area contributed by atoms with E-state index in [9.17, 15) is 4.79 Å². The zero-order chi connectivity index (χ0) is 17.5. The van der Waals surface area contributed by atoms with E-state index in [0.717, 1.165) is 5.69 Å². The minimum Gasteiger partial charge on any atom is -0.493 e. The standard InChI is InChI=1S/C16H26N4O3.HI/c1-6-18-14(21)16(2,3)10-19-15(17)20-11-7-8-12(22-4)13(9-11)23-5;/h7-9H,6,10H2,1-5H3,(H,18,21)(H3,17,19,20);1H. The fourth-order valence-electron chi connectivity index (χ4n) is 1.86. The zero-order valence-corrected chi connectivity index (χ0v) is 17.1. The number of hydrogen-bond acceptors (Lipinski definition) is 4. The average molecular weight is 450 g/mol. The fraction of sp³-hybridized carbons (Fsp3) is 0.500. The molecule has 24 heavy (non-hydrogen) atoms. The summed E-state index contributed by atoms with van der Waals surface area (Å²) in [7, 11) is 3.14. The van der Waals surface area contributed by atoms with Crippen LogP contribution < -0.4 is 25.8 Å².